The Morgan fingerprint density at radius 1 is 1.18 bits per heavy atom. The van der Waals surface area contributed by atoms with Crippen LogP contribution >= 0.6 is 15.9 Å². The molecule has 1 aromatic carbocycles. The van der Waals surface area contributed by atoms with Gasteiger partial charge in [0.2, 0.25) is 11.1 Å². The van der Waals surface area contributed by atoms with Crippen molar-refractivity contribution in [1.82, 2.24) is 4.98 Å². The van der Waals surface area contributed by atoms with Gasteiger partial charge in [-0.05, 0) is 47.1 Å². The van der Waals surface area contributed by atoms with Gasteiger partial charge in [0.25, 0.3) is 0 Å². The third-order valence-corrected chi connectivity index (χ3v) is 3.28. The number of fused-ring (bicyclic) bond motifs is 2. The minimum absolute atomic E-state index is 0.0462. The van der Waals surface area contributed by atoms with E-state index in [2.05, 4.69) is 20.9 Å². The molecule has 0 aliphatic heterocycles. The second-order valence-corrected chi connectivity index (χ2v) is 4.71. The molecule has 0 atom stereocenters. The van der Waals surface area contributed by atoms with Crippen LogP contribution in [0.2, 0.25) is 0 Å². The summed E-state index contributed by atoms with van der Waals surface area (Å²) in [6.45, 7) is 1.86. The molecule has 2 heterocycles. The van der Waals surface area contributed by atoms with E-state index in [0.717, 1.165) is 10.2 Å². The van der Waals surface area contributed by atoms with E-state index in [1.165, 1.54) is 0 Å². The van der Waals surface area contributed by atoms with Crippen molar-refractivity contribution in [3.63, 3.8) is 0 Å². The monoisotopic (exact) mass is 289 g/mol. The van der Waals surface area contributed by atoms with Crippen molar-refractivity contribution in [2.45, 2.75) is 6.92 Å². The van der Waals surface area contributed by atoms with Crippen LogP contribution in [-0.2, 0) is 0 Å². The molecule has 0 saturated carbocycles. The first-order chi connectivity index (χ1) is 8.16. The van der Waals surface area contributed by atoms with Crippen LogP contribution in [0.15, 0.2) is 44.0 Å². The predicted octanol–water partition coefficient (Wildman–Crippen LogP) is 3.41. The smallest absolute Gasteiger partial charge is 0.230 e. The van der Waals surface area contributed by atoms with E-state index < -0.39 is 0 Å². The minimum atomic E-state index is -0.0462. The van der Waals surface area contributed by atoms with Gasteiger partial charge in [-0.15, -0.1) is 0 Å². The first-order valence-electron chi connectivity index (χ1n) is 5.15. The topological polar surface area (TPSA) is 43.1 Å². The number of halogens is 1. The van der Waals surface area contributed by atoms with E-state index in [0.29, 0.717) is 22.1 Å². The minimum Gasteiger partial charge on any atom is -0.436 e. The van der Waals surface area contributed by atoms with Gasteiger partial charge in [-0.1, -0.05) is 6.07 Å². The molecule has 2 aromatic heterocycles. The lowest BCUT2D eigenvalue weighted by molar-refractivity contribution is 0.641. The van der Waals surface area contributed by atoms with E-state index in [9.17, 15) is 4.79 Å². The van der Waals surface area contributed by atoms with Crippen molar-refractivity contribution in [3.05, 3.63) is 50.7 Å². The van der Waals surface area contributed by atoms with E-state index in [1.807, 2.05) is 25.1 Å². The number of rotatable bonds is 0. The Hall–Kier alpha value is -1.68. The van der Waals surface area contributed by atoms with Crippen LogP contribution in [-0.4, -0.2) is 4.98 Å². The van der Waals surface area contributed by atoms with Gasteiger partial charge in [0.15, 0.2) is 5.58 Å². The molecule has 0 aliphatic rings. The molecule has 3 aromatic rings. The van der Waals surface area contributed by atoms with Crippen LogP contribution in [0, 0.1) is 6.92 Å². The van der Waals surface area contributed by atoms with E-state index in [-0.39, 0.29) is 5.43 Å². The highest BCUT2D eigenvalue weighted by molar-refractivity contribution is 9.10. The zero-order valence-corrected chi connectivity index (χ0v) is 10.6. The average molecular weight is 290 g/mol. The summed E-state index contributed by atoms with van der Waals surface area (Å²) in [5.74, 6) is 0. The highest BCUT2D eigenvalue weighted by atomic mass is 79.9. The second-order valence-electron chi connectivity index (χ2n) is 3.85. The maximum Gasteiger partial charge on any atom is 0.230 e. The standard InChI is InChI=1S/C13H8BrNO2/c1-7-5-6-9-11(16)8-3-2-4-10(14)12(8)17-13(9)15-7/h2-6H,1H3. The van der Waals surface area contributed by atoms with E-state index in [4.69, 9.17) is 4.42 Å². The van der Waals surface area contributed by atoms with Crippen molar-refractivity contribution in [1.29, 1.82) is 0 Å². The third-order valence-electron chi connectivity index (χ3n) is 2.65. The van der Waals surface area contributed by atoms with E-state index >= 15 is 0 Å². The fourth-order valence-corrected chi connectivity index (χ4v) is 2.26. The van der Waals surface area contributed by atoms with Crippen LogP contribution in [0.25, 0.3) is 22.1 Å². The number of aryl methyl sites for hydroxylation is 1. The van der Waals surface area contributed by atoms with Gasteiger partial charge in [0, 0.05) is 5.69 Å². The SMILES string of the molecule is Cc1ccc2c(=O)c3cccc(Br)c3oc2n1. The summed E-state index contributed by atoms with van der Waals surface area (Å²) in [4.78, 5) is 16.5. The Morgan fingerprint density at radius 3 is 2.82 bits per heavy atom. The fourth-order valence-electron chi connectivity index (χ4n) is 1.82. The van der Waals surface area contributed by atoms with Crippen LogP contribution in [0.3, 0.4) is 0 Å². The Balaban J connectivity index is 2.62. The van der Waals surface area contributed by atoms with Crippen molar-refractivity contribution in [2.75, 3.05) is 0 Å². The van der Waals surface area contributed by atoms with Gasteiger partial charge < -0.3 is 4.42 Å². The summed E-state index contributed by atoms with van der Waals surface area (Å²) >= 11 is 3.37. The number of hydrogen-bond donors (Lipinski definition) is 0. The van der Waals surface area contributed by atoms with Crippen molar-refractivity contribution in [2.24, 2.45) is 0 Å². The maximum atomic E-state index is 12.2. The molecule has 0 saturated heterocycles. The summed E-state index contributed by atoms with van der Waals surface area (Å²) in [5.41, 5.74) is 1.71. The molecule has 17 heavy (non-hydrogen) atoms. The van der Waals surface area contributed by atoms with Crippen LogP contribution in [0.5, 0.6) is 0 Å². The van der Waals surface area contributed by atoms with Gasteiger partial charge in [-0.25, -0.2) is 4.98 Å². The zero-order valence-electron chi connectivity index (χ0n) is 9.03. The predicted molar refractivity (Wildman–Crippen MR) is 70.2 cm³/mol. The molecule has 0 unspecified atom stereocenters. The Labute approximate surface area is 105 Å². The van der Waals surface area contributed by atoms with Gasteiger partial charge >= 0.3 is 0 Å². The van der Waals surface area contributed by atoms with Crippen molar-refractivity contribution < 1.29 is 4.42 Å². The molecule has 3 nitrogen and oxygen atoms in total. The first-order valence-corrected chi connectivity index (χ1v) is 5.95. The molecule has 0 bridgehead atoms. The van der Waals surface area contributed by atoms with Crippen LogP contribution < -0.4 is 5.43 Å². The Bertz CT molecular complexity index is 792. The molecule has 0 radical (unpaired) electrons. The number of aromatic nitrogens is 1. The molecule has 0 aliphatic carbocycles. The van der Waals surface area contributed by atoms with Crippen LogP contribution in [0.4, 0.5) is 0 Å². The van der Waals surface area contributed by atoms with Crippen LogP contribution in [0.1, 0.15) is 5.69 Å². The highest BCUT2D eigenvalue weighted by Gasteiger charge is 2.10. The number of para-hydroxylation sites is 1. The number of nitrogens with zero attached hydrogens (tertiary/aromatic N) is 1. The molecule has 4 heteroatoms. The summed E-state index contributed by atoms with van der Waals surface area (Å²) < 4.78 is 6.44. The van der Waals surface area contributed by atoms with Gasteiger partial charge in [0.05, 0.1) is 15.2 Å². The lowest BCUT2D eigenvalue weighted by atomic mass is 10.2. The lowest BCUT2D eigenvalue weighted by Crippen LogP contribution is -2.03. The highest BCUT2D eigenvalue weighted by Crippen LogP contribution is 2.24. The van der Waals surface area contributed by atoms with Gasteiger partial charge in [0.1, 0.15) is 0 Å². The number of pyridine rings is 1. The second kappa shape index (κ2) is 3.67. The third kappa shape index (κ3) is 1.56. The number of hydrogen-bond acceptors (Lipinski definition) is 3. The molecule has 0 N–H and O–H groups in total. The number of benzene rings is 1. The Morgan fingerprint density at radius 2 is 2.00 bits per heavy atom. The van der Waals surface area contributed by atoms with Gasteiger partial charge in [-0.3, -0.25) is 4.79 Å². The molecular weight excluding hydrogens is 282 g/mol. The van der Waals surface area contributed by atoms with E-state index in [1.54, 1.807) is 12.1 Å². The largest absolute Gasteiger partial charge is 0.436 e. The Kier molecular flexibility index (Phi) is 2.26. The van der Waals surface area contributed by atoms with Crippen molar-refractivity contribution in [3.8, 4) is 0 Å². The first kappa shape index (κ1) is 10.5. The normalized spacial score (nSPS) is 11.2. The quantitative estimate of drug-likeness (QED) is 0.596. The molecule has 84 valence electrons. The summed E-state index contributed by atoms with van der Waals surface area (Å²) in [7, 11) is 0. The zero-order chi connectivity index (χ0) is 12.0. The lowest BCUT2D eigenvalue weighted by Gasteiger charge is -2.02. The average Bonchev–Trinajstić information content (AvgIpc) is 2.30. The molecule has 0 spiro atoms. The van der Waals surface area contributed by atoms with Crippen molar-refractivity contribution >= 4 is 38.0 Å². The summed E-state index contributed by atoms with van der Waals surface area (Å²) in [5, 5.41) is 1.08. The summed E-state index contributed by atoms with van der Waals surface area (Å²) in [6.07, 6.45) is 0. The molecule has 0 fully saturated rings. The van der Waals surface area contributed by atoms with Gasteiger partial charge in [-0.2, -0.15) is 0 Å². The molecule has 0 amide bonds. The summed E-state index contributed by atoms with van der Waals surface area (Å²) in [6, 6.07) is 8.97. The maximum absolute atomic E-state index is 12.2. The molecular formula is C13H8BrNO2. The molecule has 3 rings (SSSR count). The fraction of sp³-hybridized carbons (Fsp3) is 0.0769.